The summed E-state index contributed by atoms with van der Waals surface area (Å²) in [6.07, 6.45) is 21.7. The molecule has 1 aromatic heterocycles. The van der Waals surface area contributed by atoms with Crippen LogP contribution in [0.3, 0.4) is 0 Å². The SMILES string of the molecule is CCCCCCCCCCCCCCCCCCCCCC(=O)Nc1ccn([C@H]2O[C@@H](CO)[C@H](O)[C@H]2O)c(=O)n1. The van der Waals surface area contributed by atoms with Crippen LogP contribution in [0.25, 0.3) is 0 Å². The molecule has 230 valence electrons. The standard InChI is InChI=1S/C31H55N3O6/c1-2-3-4-5-6-7-8-9-10-11-12-13-14-15-16-17-18-19-20-21-27(36)32-26-22-23-34(31(39)33-26)30-29(38)28(37)25(24-35)40-30/h22-23,25,28-30,35,37-38H,2-21,24H2,1H3,(H,32,33,36,39)/t25-,28-,29+,30-/m0/s1. The lowest BCUT2D eigenvalue weighted by Gasteiger charge is -2.17. The van der Waals surface area contributed by atoms with Gasteiger partial charge in [0.25, 0.3) is 0 Å². The second-order valence-electron chi connectivity index (χ2n) is 11.4. The summed E-state index contributed by atoms with van der Waals surface area (Å²) in [5, 5.41) is 31.8. The Bertz CT molecular complexity index is 864. The number of amides is 1. The molecule has 1 fully saturated rings. The van der Waals surface area contributed by atoms with Crippen molar-refractivity contribution < 1.29 is 24.9 Å². The Morgan fingerprint density at radius 1 is 0.825 bits per heavy atom. The summed E-state index contributed by atoms with van der Waals surface area (Å²) in [6.45, 7) is 1.79. The highest BCUT2D eigenvalue weighted by Gasteiger charge is 2.43. The van der Waals surface area contributed by atoms with Crippen LogP contribution in [0.4, 0.5) is 5.82 Å². The summed E-state index contributed by atoms with van der Waals surface area (Å²) < 4.78 is 6.40. The van der Waals surface area contributed by atoms with Gasteiger partial charge >= 0.3 is 5.69 Å². The smallest absolute Gasteiger partial charge is 0.351 e. The van der Waals surface area contributed by atoms with E-state index in [1.807, 2.05) is 0 Å². The third-order valence-electron chi connectivity index (χ3n) is 7.90. The number of aliphatic hydroxyl groups is 3. The number of hydrogen-bond donors (Lipinski definition) is 4. The third-order valence-corrected chi connectivity index (χ3v) is 7.90. The van der Waals surface area contributed by atoms with Crippen LogP contribution in [0, 0.1) is 0 Å². The van der Waals surface area contributed by atoms with Crippen LogP contribution in [0.15, 0.2) is 17.1 Å². The fourth-order valence-electron chi connectivity index (χ4n) is 5.36. The zero-order chi connectivity index (χ0) is 29.0. The third kappa shape index (κ3) is 13.2. The number of aliphatic hydroxyl groups excluding tert-OH is 3. The molecule has 2 heterocycles. The molecule has 1 amide bonds. The number of rotatable bonds is 23. The molecule has 1 saturated heterocycles. The van der Waals surface area contributed by atoms with Gasteiger partial charge in [-0.1, -0.05) is 122 Å². The number of carbonyl (C=O) groups excluding carboxylic acids is 1. The van der Waals surface area contributed by atoms with E-state index in [0.717, 1.165) is 23.8 Å². The van der Waals surface area contributed by atoms with Gasteiger partial charge in [-0.05, 0) is 12.5 Å². The number of hydrogen-bond acceptors (Lipinski definition) is 7. The Hall–Kier alpha value is -1.81. The minimum atomic E-state index is -1.37. The highest BCUT2D eigenvalue weighted by molar-refractivity contribution is 5.89. The largest absolute Gasteiger partial charge is 0.394 e. The molecular formula is C31H55N3O6. The molecule has 1 aliphatic rings. The van der Waals surface area contributed by atoms with E-state index in [-0.39, 0.29) is 11.7 Å². The van der Waals surface area contributed by atoms with Crippen molar-refractivity contribution in [2.75, 3.05) is 11.9 Å². The molecule has 0 aliphatic carbocycles. The van der Waals surface area contributed by atoms with E-state index >= 15 is 0 Å². The van der Waals surface area contributed by atoms with E-state index in [2.05, 4.69) is 17.2 Å². The molecule has 0 unspecified atom stereocenters. The van der Waals surface area contributed by atoms with E-state index < -0.39 is 36.8 Å². The lowest BCUT2D eigenvalue weighted by atomic mass is 10.0. The van der Waals surface area contributed by atoms with E-state index in [1.54, 1.807) is 0 Å². The highest BCUT2D eigenvalue weighted by atomic mass is 16.6. The Balaban J connectivity index is 1.43. The molecule has 40 heavy (non-hydrogen) atoms. The fraction of sp³-hybridized carbons (Fsp3) is 0.839. The first-order chi connectivity index (χ1) is 19.5. The molecule has 1 aromatic rings. The maximum atomic E-state index is 12.4. The monoisotopic (exact) mass is 565 g/mol. The van der Waals surface area contributed by atoms with Crippen LogP contribution >= 0.6 is 0 Å². The molecule has 4 N–H and O–H groups in total. The van der Waals surface area contributed by atoms with Crippen molar-refractivity contribution in [1.82, 2.24) is 9.55 Å². The van der Waals surface area contributed by atoms with Gasteiger partial charge in [-0.25, -0.2) is 4.79 Å². The van der Waals surface area contributed by atoms with Gasteiger partial charge in [-0.2, -0.15) is 4.98 Å². The number of carbonyl (C=O) groups is 1. The number of ether oxygens (including phenoxy) is 1. The van der Waals surface area contributed by atoms with Crippen molar-refractivity contribution in [3.05, 3.63) is 22.7 Å². The zero-order valence-electron chi connectivity index (χ0n) is 24.8. The van der Waals surface area contributed by atoms with Crippen molar-refractivity contribution >= 4 is 11.7 Å². The van der Waals surface area contributed by atoms with Crippen LogP contribution in [0.1, 0.15) is 142 Å². The lowest BCUT2D eigenvalue weighted by Crippen LogP contribution is -2.36. The summed E-state index contributed by atoms with van der Waals surface area (Å²) in [7, 11) is 0. The van der Waals surface area contributed by atoms with Crippen LogP contribution in [-0.4, -0.2) is 55.7 Å². The van der Waals surface area contributed by atoms with Gasteiger partial charge in [0, 0.05) is 12.6 Å². The van der Waals surface area contributed by atoms with E-state index in [9.17, 15) is 24.9 Å². The molecule has 9 nitrogen and oxygen atoms in total. The van der Waals surface area contributed by atoms with E-state index in [4.69, 9.17) is 4.74 Å². The van der Waals surface area contributed by atoms with E-state index in [0.29, 0.717) is 6.42 Å². The average Bonchev–Trinajstić information content (AvgIpc) is 3.23. The predicted molar refractivity (Wildman–Crippen MR) is 158 cm³/mol. The number of unbranched alkanes of at least 4 members (excludes halogenated alkanes) is 18. The molecule has 1 aliphatic heterocycles. The first-order valence-corrected chi connectivity index (χ1v) is 16.0. The predicted octanol–water partition coefficient (Wildman–Crippen LogP) is 5.62. The number of nitrogens with zero attached hydrogens (tertiary/aromatic N) is 2. The first-order valence-electron chi connectivity index (χ1n) is 16.0. The van der Waals surface area contributed by atoms with Crippen molar-refractivity contribution in [2.45, 2.75) is 160 Å². The maximum absolute atomic E-state index is 12.4. The normalized spacial score (nSPS) is 20.7. The van der Waals surface area contributed by atoms with Crippen LogP contribution in [-0.2, 0) is 9.53 Å². The molecule has 4 atom stereocenters. The number of nitrogens with one attached hydrogen (secondary N) is 1. The summed E-state index contributed by atoms with van der Waals surface area (Å²) in [5.74, 6) is -0.0552. The van der Waals surface area contributed by atoms with Gasteiger partial charge < -0.3 is 25.4 Å². The number of aromatic nitrogens is 2. The van der Waals surface area contributed by atoms with Gasteiger partial charge in [0.2, 0.25) is 5.91 Å². The zero-order valence-corrected chi connectivity index (χ0v) is 24.8. The van der Waals surface area contributed by atoms with Gasteiger partial charge in [0.05, 0.1) is 6.61 Å². The van der Waals surface area contributed by atoms with Gasteiger partial charge in [-0.3, -0.25) is 9.36 Å². The molecule has 2 rings (SSSR count). The Morgan fingerprint density at radius 3 is 1.73 bits per heavy atom. The highest BCUT2D eigenvalue weighted by Crippen LogP contribution is 2.28. The molecule has 9 heteroatoms. The minimum Gasteiger partial charge on any atom is -0.394 e. The minimum absolute atomic E-state index is 0.135. The summed E-state index contributed by atoms with van der Waals surface area (Å²) in [4.78, 5) is 28.4. The van der Waals surface area contributed by atoms with Gasteiger partial charge in [-0.15, -0.1) is 0 Å². The lowest BCUT2D eigenvalue weighted by molar-refractivity contribution is -0.116. The summed E-state index contributed by atoms with van der Waals surface area (Å²) >= 11 is 0. The average molecular weight is 566 g/mol. The number of anilines is 1. The quantitative estimate of drug-likeness (QED) is 0.127. The molecule has 0 aromatic carbocycles. The molecule has 0 spiro atoms. The van der Waals surface area contributed by atoms with Gasteiger partial charge in [0.1, 0.15) is 24.1 Å². The van der Waals surface area contributed by atoms with Crippen LogP contribution < -0.4 is 11.0 Å². The maximum Gasteiger partial charge on any atom is 0.351 e. The topological polar surface area (TPSA) is 134 Å². The Morgan fingerprint density at radius 2 is 1.30 bits per heavy atom. The van der Waals surface area contributed by atoms with Crippen molar-refractivity contribution in [3.8, 4) is 0 Å². The summed E-state index contributed by atoms with van der Waals surface area (Å²) in [5.41, 5.74) is -0.726. The first kappa shape index (κ1) is 34.4. The van der Waals surface area contributed by atoms with E-state index in [1.165, 1.54) is 115 Å². The molecule has 0 bridgehead atoms. The van der Waals surface area contributed by atoms with Crippen molar-refractivity contribution in [2.24, 2.45) is 0 Å². The summed E-state index contributed by atoms with van der Waals surface area (Å²) in [6, 6.07) is 1.45. The Kier molecular flexibility index (Phi) is 18.0. The van der Waals surface area contributed by atoms with Gasteiger partial charge in [0.15, 0.2) is 6.23 Å². The van der Waals surface area contributed by atoms with Crippen molar-refractivity contribution in [3.63, 3.8) is 0 Å². The van der Waals surface area contributed by atoms with Crippen LogP contribution in [0.5, 0.6) is 0 Å². The fourth-order valence-corrected chi connectivity index (χ4v) is 5.36. The van der Waals surface area contributed by atoms with Crippen molar-refractivity contribution in [1.29, 1.82) is 0 Å². The second-order valence-corrected chi connectivity index (χ2v) is 11.4. The molecular weight excluding hydrogens is 510 g/mol. The molecule has 0 saturated carbocycles. The van der Waals surface area contributed by atoms with Crippen LogP contribution in [0.2, 0.25) is 0 Å². The second kappa shape index (κ2) is 21.0. The Labute approximate surface area is 240 Å². The molecule has 0 radical (unpaired) electrons.